The highest BCUT2D eigenvalue weighted by Crippen LogP contribution is 2.29. The Hall–Kier alpha value is -3.11. The van der Waals surface area contributed by atoms with E-state index in [4.69, 9.17) is 0 Å². The number of fused-ring (bicyclic) bond motifs is 1. The highest BCUT2D eigenvalue weighted by molar-refractivity contribution is 7.92. The minimum Gasteiger partial charge on any atom is -0.379 e. The van der Waals surface area contributed by atoms with Crippen LogP contribution in [0.5, 0.6) is 0 Å². The van der Waals surface area contributed by atoms with Crippen molar-refractivity contribution in [3.8, 4) is 6.07 Å². The summed E-state index contributed by atoms with van der Waals surface area (Å²) in [6, 6.07) is 13.6. The van der Waals surface area contributed by atoms with Crippen LogP contribution in [0, 0.1) is 25.2 Å². The van der Waals surface area contributed by atoms with Gasteiger partial charge in [-0.15, -0.1) is 0 Å². The van der Waals surface area contributed by atoms with Crippen LogP contribution in [0.4, 0.5) is 11.4 Å². The SMILES string of the molecule is Cc1cc(C)c2ncc(C#N)c(NCc3ccc(N(C)S(C)(=O)=O)cc3)c2c1. The maximum Gasteiger partial charge on any atom is 0.231 e. The number of nitrogens with zero attached hydrogens (tertiary/aromatic N) is 3. The maximum atomic E-state index is 11.7. The Labute approximate surface area is 165 Å². The fraction of sp³-hybridized carbons (Fsp3) is 0.238. The largest absolute Gasteiger partial charge is 0.379 e. The average molecular weight is 395 g/mol. The lowest BCUT2D eigenvalue weighted by molar-refractivity contribution is 0.600. The number of nitrogens with one attached hydrogen (secondary N) is 1. The van der Waals surface area contributed by atoms with Gasteiger partial charge < -0.3 is 5.32 Å². The summed E-state index contributed by atoms with van der Waals surface area (Å²) in [5.74, 6) is 0. The molecule has 3 aromatic rings. The van der Waals surface area contributed by atoms with E-state index in [1.165, 1.54) is 17.6 Å². The van der Waals surface area contributed by atoms with Gasteiger partial charge in [0.25, 0.3) is 0 Å². The predicted octanol–water partition coefficient (Wildman–Crippen LogP) is 3.73. The van der Waals surface area contributed by atoms with Crippen molar-refractivity contribution in [2.75, 3.05) is 22.9 Å². The maximum absolute atomic E-state index is 11.7. The van der Waals surface area contributed by atoms with Gasteiger partial charge >= 0.3 is 0 Å². The topological polar surface area (TPSA) is 86.1 Å². The molecular formula is C21H22N4O2S. The first kappa shape index (κ1) is 19.6. The molecule has 6 nitrogen and oxygen atoms in total. The summed E-state index contributed by atoms with van der Waals surface area (Å²) in [6.45, 7) is 4.53. The predicted molar refractivity (Wildman–Crippen MR) is 113 cm³/mol. The molecule has 1 heterocycles. The minimum absolute atomic E-state index is 0.492. The van der Waals surface area contributed by atoms with Crippen LogP contribution in [0.2, 0.25) is 0 Å². The van der Waals surface area contributed by atoms with Gasteiger partial charge in [0, 0.05) is 25.2 Å². The van der Waals surface area contributed by atoms with Gasteiger partial charge in [-0.25, -0.2) is 8.42 Å². The second-order valence-corrected chi connectivity index (χ2v) is 8.90. The van der Waals surface area contributed by atoms with Crippen molar-refractivity contribution in [2.45, 2.75) is 20.4 Å². The van der Waals surface area contributed by atoms with E-state index in [1.54, 1.807) is 18.3 Å². The van der Waals surface area contributed by atoms with Crippen LogP contribution in [0.3, 0.4) is 0 Å². The van der Waals surface area contributed by atoms with Crippen LogP contribution in [-0.2, 0) is 16.6 Å². The molecule has 7 heteroatoms. The molecule has 1 N–H and O–H groups in total. The molecule has 3 rings (SSSR count). The zero-order chi connectivity index (χ0) is 20.5. The van der Waals surface area contributed by atoms with Gasteiger partial charge in [-0.3, -0.25) is 9.29 Å². The number of aromatic nitrogens is 1. The quantitative estimate of drug-likeness (QED) is 0.712. The highest BCUT2D eigenvalue weighted by Gasteiger charge is 2.13. The molecule has 2 aromatic carbocycles. The third-order valence-electron chi connectivity index (χ3n) is 4.69. The summed E-state index contributed by atoms with van der Waals surface area (Å²) < 4.78 is 24.5. The Bertz CT molecular complexity index is 1180. The minimum atomic E-state index is -3.29. The molecule has 0 spiro atoms. The number of nitriles is 1. The van der Waals surface area contributed by atoms with E-state index in [2.05, 4.69) is 22.4 Å². The Morgan fingerprint density at radius 3 is 2.46 bits per heavy atom. The number of hydrogen-bond acceptors (Lipinski definition) is 5. The monoisotopic (exact) mass is 394 g/mol. The van der Waals surface area contributed by atoms with Crippen molar-refractivity contribution in [3.05, 3.63) is 64.8 Å². The average Bonchev–Trinajstić information content (AvgIpc) is 2.65. The number of pyridine rings is 1. The molecule has 1 aromatic heterocycles. The molecule has 144 valence electrons. The van der Waals surface area contributed by atoms with Crippen LogP contribution in [-0.4, -0.2) is 26.7 Å². The molecule has 0 aliphatic carbocycles. The number of benzene rings is 2. The third-order valence-corrected chi connectivity index (χ3v) is 5.90. The summed E-state index contributed by atoms with van der Waals surface area (Å²) in [6.07, 6.45) is 2.77. The van der Waals surface area contributed by atoms with Crippen LogP contribution in [0.1, 0.15) is 22.3 Å². The molecule has 0 saturated carbocycles. The summed E-state index contributed by atoms with van der Waals surface area (Å²) >= 11 is 0. The molecule has 0 amide bonds. The molecule has 0 aliphatic rings. The highest BCUT2D eigenvalue weighted by atomic mass is 32.2. The first-order valence-corrected chi connectivity index (χ1v) is 10.6. The van der Waals surface area contributed by atoms with Gasteiger partial charge in [0.15, 0.2) is 0 Å². The van der Waals surface area contributed by atoms with Gasteiger partial charge in [-0.2, -0.15) is 5.26 Å². The van der Waals surface area contributed by atoms with Crippen molar-refractivity contribution in [3.63, 3.8) is 0 Å². The molecule has 0 bridgehead atoms. The summed E-state index contributed by atoms with van der Waals surface area (Å²) in [5, 5.41) is 13.8. The van der Waals surface area contributed by atoms with E-state index in [-0.39, 0.29) is 0 Å². The van der Waals surface area contributed by atoms with Gasteiger partial charge in [0.1, 0.15) is 6.07 Å². The number of rotatable bonds is 5. The first-order chi connectivity index (χ1) is 13.2. The fourth-order valence-electron chi connectivity index (χ4n) is 3.14. The van der Waals surface area contributed by atoms with Gasteiger partial charge in [-0.05, 0) is 43.2 Å². The van der Waals surface area contributed by atoms with Crippen LogP contribution >= 0.6 is 0 Å². The second-order valence-electron chi connectivity index (χ2n) is 6.89. The van der Waals surface area contributed by atoms with E-state index in [1.807, 2.05) is 32.0 Å². The lowest BCUT2D eigenvalue weighted by atomic mass is 10.0. The van der Waals surface area contributed by atoms with E-state index in [9.17, 15) is 13.7 Å². The van der Waals surface area contributed by atoms with Gasteiger partial charge in [0.05, 0.1) is 28.7 Å². The molecule has 0 unspecified atom stereocenters. The normalized spacial score (nSPS) is 11.2. The van der Waals surface area contributed by atoms with Crippen molar-refractivity contribution in [1.82, 2.24) is 4.98 Å². The number of hydrogen-bond donors (Lipinski definition) is 1. The Kier molecular flexibility index (Phi) is 5.25. The summed E-state index contributed by atoms with van der Waals surface area (Å²) in [4.78, 5) is 4.44. The number of sulfonamides is 1. The van der Waals surface area contributed by atoms with Crippen LogP contribution < -0.4 is 9.62 Å². The van der Waals surface area contributed by atoms with Crippen molar-refractivity contribution >= 4 is 32.3 Å². The number of anilines is 2. The third kappa shape index (κ3) is 3.92. The number of aryl methyl sites for hydroxylation is 2. The van der Waals surface area contributed by atoms with Gasteiger partial charge in [0.2, 0.25) is 10.0 Å². The van der Waals surface area contributed by atoms with Gasteiger partial charge in [-0.1, -0.05) is 23.8 Å². The zero-order valence-electron chi connectivity index (χ0n) is 16.3. The molecule has 0 fully saturated rings. The standard InChI is InChI=1S/C21H22N4O2S/c1-14-9-15(2)20-19(10-14)21(17(11-22)13-24-20)23-12-16-5-7-18(8-6-16)25(3)28(4,26)27/h5-10,13H,12H2,1-4H3,(H,23,24). The van der Waals surface area contributed by atoms with Crippen LogP contribution in [0.25, 0.3) is 10.9 Å². The second kappa shape index (κ2) is 7.49. The first-order valence-electron chi connectivity index (χ1n) is 8.77. The van der Waals surface area contributed by atoms with E-state index in [0.29, 0.717) is 17.8 Å². The lowest BCUT2D eigenvalue weighted by Gasteiger charge is -2.17. The molecule has 0 saturated heterocycles. The van der Waals surface area contributed by atoms with Crippen molar-refractivity contribution in [1.29, 1.82) is 5.26 Å². The molecule has 0 aliphatic heterocycles. The Morgan fingerprint density at radius 2 is 1.86 bits per heavy atom. The summed E-state index contributed by atoms with van der Waals surface area (Å²) in [5.41, 5.74) is 5.88. The Morgan fingerprint density at radius 1 is 1.18 bits per heavy atom. The smallest absolute Gasteiger partial charge is 0.231 e. The Balaban J connectivity index is 1.91. The van der Waals surface area contributed by atoms with Crippen molar-refractivity contribution < 1.29 is 8.42 Å². The van der Waals surface area contributed by atoms with E-state index >= 15 is 0 Å². The molecular weight excluding hydrogens is 372 g/mol. The van der Waals surface area contributed by atoms with E-state index < -0.39 is 10.0 Å². The van der Waals surface area contributed by atoms with E-state index in [0.717, 1.165) is 33.3 Å². The molecule has 0 radical (unpaired) electrons. The summed E-state index contributed by atoms with van der Waals surface area (Å²) in [7, 11) is -1.77. The molecule has 28 heavy (non-hydrogen) atoms. The van der Waals surface area contributed by atoms with Crippen molar-refractivity contribution in [2.24, 2.45) is 0 Å². The fourth-order valence-corrected chi connectivity index (χ4v) is 3.65. The zero-order valence-corrected chi connectivity index (χ0v) is 17.1. The molecule has 0 atom stereocenters. The lowest BCUT2D eigenvalue weighted by Crippen LogP contribution is -2.24. The van der Waals surface area contributed by atoms with Crippen LogP contribution in [0.15, 0.2) is 42.6 Å².